The van der Waals surface area contributed by atoms with Crippen molar-refractivity contribution in [1.29, 1.82) is 5.26 Å². The average Bonchev–Trinajstić information content (AvgIpc) is 3.31. The van der Waals surface area contributed by atoms with Gasteiger partial charge < -0.3 is 19.5 Å². The van der Waals surface area contributed by atoms with E-state index in [1.54, 1.807) is 17.0 Å². The zero-order valence-corrected chi connectivity index (χ0v) is 19.5. The molecule has 2 fully saturated rings. The van der Waals surface area contributed by atoms with E-state index in [0.717, 1.165) is 48.4 Å². The van der Waals surface area contributed by atoms with E-state index >= 15 is 0 Å². The molecule has 1 saturated heterocycles. The van der Waals surface area contributed by atoms with Gasteiger partial charge in [-0.3, -0.25) is 4.90 Å². The minimum absolute atomic E-state index is 0.162. The number of aliphatic hydroxyl groups excluding tert-OH is 2. The summed E-state index contributed by atoms with van der Waals surface area (Å²) in [5.74, 6) is 7.53. The van der Waals surface area contributed by atoms with Crippen LogP contribution in [-0.2, 0) is 6.61 Å². The smallest absolute Gasteiger partial charge is 0.135 e. The highest BCUT2D eigenvalue weighted by molar-refractivity contribution is 5.65. The molecule has 2 N–H and O–H groups in total. The van der Waals surface area contributed by atoms with E-state index in [1.165, 1.54) is 0 Å². The molecule has 2 heterocycles. The fraction of sp³-hybridized carbons (Fsp3) is 0.357. The molecule has 1 spiro atoms. The zero-order valence-electron chi connectivity index (χ0n) is 19.5. The van der Waals surface area contributed by atoms with Gasteiger partial charge in [0.2, 0.25) is 0 Å². The molecule has 0 amide bonds. The summed E-state index contributed by atoms with van der Waals surface area (Å²) in [6.45, 7) is 2.21. The van der Waals surface area contributed by atoms with Gasteiger partial charge in [0.15, 0.2) is 0 Å². The first-order valence-corrected chi connectivity index (χ1v) is 11.8. The number of nitriles is 1. The molecule has 35 heavy (non-hydrogen) atoms. The van der Waals surface area contributed by atoms with Gasteiger partial charge in [-0.2, -0.15) is 5.26 Å². The fourth-order valence-electron chi connectivity index (χ4n) is 5.15. The summed E-state index contributed by atoms with van der Waals surface area (Å²) in [6.07, 6.45) is 5.69. The van der Waals surface area contributed by atoms with Crippen molar-refractivity contribution < 1.29 is 14.9 Å². The molecule has 7 heteroatoms. The van der Waals surface area contributed by atoms with Gasteiger partial charge in [-0.25, -0.2) is 4.98 Å². The summed E-state index contributed by atoms with van der Waals surface area (Å²) in [4.78, 5) is 6.26. The third-order valence-corrected chi connectivity index (χ3v) is 6.89. The maximum absolute atomic E-state index is 9.70. The second-order valence-corrected chi connectivity index (χ2v) is 9.43. The number of aliphatic hydroxyl groups is 2. The van der Waals surface area contributed by atoms with Gasteiger partial charge >= 0.3 is 0 Å². The third kappa shape index (κ3) is 4.94. The van der Waals surface area contributed by atoms with Gasteiger partial charge in [0, 0.05) is 36.5 Å². The summed E-state index contributed by atoms with van der Waals surface area (Å²) in [7, 11) is 0. The number of imidazole rings is 1. The molecule has 1 aromatic heterocycles. The Morgan fingerprint density at radius 3 is 2.37 bits per heavy atom. The Hall–Kier alpha value is -3.62. The first-order chi connectivity index (χ1) is 17.1. The predicted octanol–water partition coefficient (Wildman–Crippen LogP) is 2.99. The van der Waals surface area contributed by atoms with E-state index in [9.17, 15) is 10.2 Å². The van der Waals surface area contributed by atoms with Crippen molar-refractivity contribution in [2.24, 2.45) is 5.41 Å². The van der Waals surface area contributed by atoms with Crippen LogP contribution >= 0.6 is 0 Å². The highest BCUT2D eigenvalue weighted by Crippen LogP contribution is 2.49. The van der Waals surface area contributed by atoms with Gasteiger partial charge in [0.05, 0.1) is 25.3 Å². The van der Waals surface area contributed by atoms with Crippen LogP contribution in [0.5, 0.6) is 5.75 Å². The standard InChI is InChI=1S/C28H28N4O3/c29-11-13-31-19-28(20-31)15-26(16-28)35-25-9-6-23(7-10-25)22-4-1-21(2-5-22)3-8-24(17-33)32-14-12-30-27(32)18-34/h1-2,4-7,9-10,12,14,24,26,33-34H,13,15-20H2. The number of ether oxygens (including phenoxy) is 1. The minimum Gasteiger partial charge on any atom is -0.490 e. The van der Waals surface area contributed by atoms with Crippen LogP contribution in [0, 0.1) is 28.6 Å². The second-order valence-electron chi connectivity index (χ2n) is 9.43. The summed E-state index contributed by atoms with van der Waals surface area (Å²) >= 11 is 0. The van der Waals surface area contributed by atoms with Crippen molar-refractivity contribution in [2.45, 2.75) is 31.6 Å². The van der Waals surface area contributed by atoms with E-state index in [-0.39, 0.29) is 19.3 Å². The lowest BCUT2D eigenvalue weighted by Gasteiger charge is -2.58. The molecule has 1 atom stereocenters. The van der Waals surface area contributed by atoms with E-state index in [0.29, 0.717) is 17.8 Å². The van der Waals surface area contributed by atoms with Gasteiger partial charge in [-0.15, -0.1) is 0 Å². The highest BCUT2D eigenvalue weighted by atomic mass is 16.5. The number of rotatable bonds is 7. The molecule has 1 aliphatic heterocycles. The van der Waals surface area contributed by atoms with Crippen molar-refractivity contribution in [3.63, 3.8) is 0 Å². The predicted molar refractivity (Wildman–Crippen MR) is 131 cm³/mol. The average molecular weight is 469 g/mol. The third-order valence-electron chi connectivity index (χ3n) is 6.89. The monoisotopic (exact) mass is 468 g/mol. The summed E-state index contributed by atoms with van der Waals surface area (Å²) in [5, 5.41) is 27.9. The molecule has 0 bridgehead atoms. The molecule has 1 saturated carbocycles. The van der Waals surface area contributed by atoms with Crippen LogP contribution in [-0.4, -0.2) is 57.0 Å². The van der Waals surface area contributed by atoms with Crippen molar-refractivity contribution in [3.8, 4) is 34.8 Å². The molecule has 1 unspecified atom stereocenters. The normalized spacial score (nSPS) is 17.5. The molecular formula is C28H28N4O3. The number of benzene rings is 2. The Balaban J connectivity index is 1.16. The van der Waals surface area contributed by atoms with Crippen LogP contribution in [0.15, 0.2) is 60.9 Å². The Morgan fingerprint density at radius 1 is 1.06 bits per heavy atom. The van der Waals surface area contributed by atoms with Crippen LogP contribution in [0.2, 0.25) is 0 Å². The first kappa shape index (κ1) is 23.1. The molecule has 5 rings (SSSR count). The Labute approximate surface area is 205 Å². The maximum Gasteiger partial charge on any atom is 0.135 e. The van der Waals surface area contributed by atoms with Crippen LogP contribution in [0.1, 0.15) is 30.3 Å². The fourth-order valence-corrected chi connectivity index (χ4v) is 5.15. The molecule has 7 nitrogen and oxygen atoms in total. The SMILES string of the molecule is N#CCN1CC2(CC(Oc3ccc(-c4ccc(C#CC(CO)n5ccnc5CO)cc4)cc3)C2)C1. The van der Waals surface area contributed by atoms with Crippen LogP contribution < -0.4 is 4.74 Å². The van der Waals surface area contributed by atoms with Crippen molar-refractivity contribution in [1.82, 2.24) is 14.5 Å². The molecule has 0 radical (unpaired) electrons. The van der Waals surface area contributed by atoms with E-state index in [4.69, 9.17) is 10.00 Å². The lowest BCUT2D eigenvalue weighted by atomic mass is 9.62. The molecule has 2 aromatic carbocycles. The van der Waals surface area contributed by atoms with Crippen LogP contribution in [0.25, 0.3) is 11.1 Å². The van der Waals surface area contributed by atoms with Crippen molar-refractivity contribution in [3.05, 3.63) is 72.3 Å². The van der Waals surface area contributed by atoms with Gasteiger partial charge in [0.1, 0.15) is 24.2 Å². The maximum atomic E-state index is 9.70. The summed E-state index contributed by atoms with van der Waals surface area (Å²) in [6, 6.07) is 17.9. The van der Waals surface area contributed by atoms with Crippen LogP contribution in [0.4, 0.5) is 0 Å². The number of aromatic nitrogens is 2. The summed E-state index contributed by atoms with van der Waals surface area (Å²) in [5.41, 5.74) is 3.42. The Kier molecular flexibility index (Phi) is 6.57. The van der Waals surface area contributed by atoms with Crippen molar-refractivity contribution in [2.75, 3.05) is 26.2 Å². The Bertz CT molecular complexity index is 1250. The number of hydrogen-bond donors (Lipinski definition) is 2. The number of nitrogens with zero attached hydrogens (tertiary/aromatic N) is 4. The molecule has 1 aliphatic carbocycles. The molecular weight excluding hydrogens is 440 g/mol. The largest absolute Gasteiger partial charge is 0.490 e. The van der Waals surface area contributed by atoms with Gasteiger partial charge in [0.25, 0.3) is 0 Å². The zero-order chi connectivity index (χ0) is 24.3. The molecule has 2 aliphatic rings. The number of hydrogen-bond acceptors (Lipinski definition) is 6. The topological polar surface area (TPSA) is 94.5 Å². The highest BCUT2D eigenvalue weighted by Gasteiger charge is 2.53. The first-order valence-electron chi connectivity index (χ1n) is 11.8. The molecule has 3 aromatic rings. The minimum atomic E-state index is -0.460. The van der Waals surface area contributed by atoms with E-state index in [2.05, 4.69) is 39.9 Å². The lowest BCUT2D eigenvalue weighted by molar-refractivity contribution is -0.114. The van der Waals surface area contributed by atoms with E-state index in [1.807, 2.05) is 36.4 Å². The Morgan fingerprint density at radius 2 is 1.74 bits per heavy atom. The van der Waals surface area contributed by atoms with E-state index < -0.39 is 6.04 Å². The summed E-state index contributed by atoms with van der Waals surface area (Å²) < 4.78 is 7.84. The van der Waals surface area contributed by atoms with Crippen molar-refractivity contribution >= 4 is 0 Å². The quantitative estimate of drug-likeness (QED) is 0.409. The van der Waals surface area contributed by atoms with Gasteiger partial charge in [-0.05, 0) is 48.2 Å². The van der Waals surface area contributed by atoms with Crippen LogP contribution in [0.3, 0.4) is 0 Å². The lowest BCUT2D eigenvalue weighted by Crippen LogP contribution is -2.64. The second kappa shape index (κ2) is 9.93. The molecule has 178 valence electrons. The number of likely N-dealkylation sites (tertiary alicyclic amines) is 1. The van der Waals surface area contributed by atoms with Gasteiger partial charge in [-0.1, -0.05) is 36.1 Å².